The Bertz CT molecular complexity index is 425. The summed E-state index contributed by atoms with van der Waals surface area (Å²) >= 11 is 0. The van der Waals surface area contributed by atoms with Gasteiger partial charge >= 0.3 is 0 Å². The summed E-state index contributed by atoms with van der Waals surface area (Å²) in [6.07, 6.45) is 7.92. The second-order valence-electron chi connectivity index (χ2n) is 5.24. The van der Waals surface area contributed by atoms with Crippen molar-refractivity contribution in [1.29, 1.82) is 0 Å². The van der Waals surface area contributed by atoms with Gasteiger partial charge in [-0.2, -0.15) is 0 Å². The molecule has 1 amide bonds. The zero-order chi connectivity index (χ0) is 14.2. The smallest absolute Gasteiger partial charge is 0.270 e. The van der Waals surface area contributed by atoms with E-state index < -0.39 is 0 Å². The quantitative estimate of drug-likeness (QED) is 0.638. The number of unbranched alkanes of at least 4 members (excludes halogenated alkanes) is 1. The van der Waals surface area contributed by atoms with Gasteiger partial charge in [-0.15, -0.1) is 6.58 Å². The summed E-state index contributed by atoms with van der Waals surface area (Å²) < 4.78 is 0. The van der Waals surface area contributed by atoms with E-state index >= 15 is 0 Å². The molecule has 0 aliphatic carbocycles. The Hall–Kier alpha value is -1.68. The number of carbonyl (C=O) groups is 1. The van der Waals surface area contributed by atoms with Crippen molar-refractivity contribution in [3.63, 3.8) is 0 Å². The van der Waals surface area contributed by atoms with E-state index in [1.165, 1.54) is 6.42 Å². The van der Waals surface area contributed by atoms with Crippen LogP contribution in [0.1, 0.15) is 36.2 Å². The van der Waals surface area contributed by atoms with Gasteiger partial charge in [0.05, 0.1) is 0 Å². The van der Waals surface area contributed by atoms with Crippen LogP contribution < -0.4 is 5.32 Å². The molecule has 1 aliphatic rings. The van der Waals surface area contributed by atoms with Gasteiger partial charge in [-0.1, -0.05) is 12.1 Å². The van der Waals surface area contributed by atoms with Crippen LogP contribution in [0.5, 0.6) is 0 Å². The predicted molar refractivity (Wildman–Crippen MR) is 80.6 cm³/mol. The van der Waals surface area contributed by atoms with Crippen LogP contribution in [0, 0.1) is 0 Å². The third-order valence-electron chi connectivity index (χ3n) is 3.70. The number of pyridine rings is 1. The van der Waals surface area contributed by atoms with E-state index in [-0.39, 0.29) is 11.9 Å². The molecule has 0 spiro atoms. The molecule has 4 heteroatoms. The van der Waals surface area contributed by atoms with Crippen molar-refractivity contribution >= 4 is 5.91 Å². The number of amides is 1. The maximum atomic E-state index is 12.0. The molecule has 1 aliphatic heterocycles. The number of nitrogens with zero attached hydrogens (tertiary/aromatic N) is 2. The highest BCUT2D eigenvalue weighted by molar-refractivity contribution is 5.92. The molecule has 0 unspecified atom stereocenters. The van der Waals surface area contributed by atoms with E-state index in [1.807, 2.05) is 18.2 Å². The molecule has 108 valence electrons. The van der Waals surface area contributed by atoms with Crippen molar-refractivity contribution < 1.29 is 4.79 Å². The number of hydrogen-bond acceptors (Lipinski definition) is 3. The molecule has 0 radical (unpaired) electrons. The number of rotatable bonds is 6. The van der Waals surface area contributed by atoms with Gasteiger partial charge in [-0.25, -0.2) is 0 Å². The molecule has 1 fully saturated rings. The zero-order valence-corrected chi connectivity index (χ0v) is 11.9. The third kappa shape index (κ3) is 4.46. The Morgan fingerprint density at radius 1 is 1.45 bits per heavy atom. The second-order valence-corrected chi connectivity index (χ2v) is 5.24. The monoisotopic (exact) mass is 273 g/mol. The molecule has 2 heterocycles. The van der Waals surface area contributed by atoms with Crippen molar-refractivity contribution in [2.24, 2.45) is 0 Å². The molecule has 0 saturated carbocycles. The molecule has 0 atom stereocenters. The third-order valence-corrected chi connectivity index (χ3v) is 3.70. The van der Waals surface area contributed by atoms with Crippen molar-refractivity contribution in [1.82, 2.24) is 15.2 Å². The first-order valence-electron chi connectivity index (χ1n) is 7.34. The molecule has 1 N–H and O–H groups in total. The van der Waals surface area contributed by atoms with E-state index in [0.717, 1.165) is 38.9 Å². The van der Waals surface area contributed by atoms with E-state index in [4.69, 9.17) is 0 Å². The fraction of sp³-hybridized carbons (Fsp3) is 0.500. The zero-order valence-electron chi connectivity index (χ0n) is 11.9. The predicted octanol–water partition coefficient (Wildman–Crippen LogP) is 2.24. The minimum Gasteiger partial charge on any atom is -0.348 e. The highest BCUT2D eigenvalue weighted by atomic mass is 16.1. The fourth-order valence-corrected chi connectivity index (χ4v) is 2.52. The van der Waals surface area contributed by atoms with Gasteiger partial charge in [0.25, 0.3) is 5.91 Å². The largest absolute Gasteiger partial charge is 0.348 e. The summed E-state index contributed by atoms with van der Waals surface area (Å²) in [7, 11) is 0. The Kier molecular flexibility index (Phi) is 5.74. The number of allylic oxidation sites excluding steroid dienone is 1. The summed E-state index contributed by atoms with van der Waals surface area (Å²) in [6.45, 7) is 7.00. The molecule has 2 rings (SSSR count). The summed E-state index contributed by atoms with van der Waals surface area (Å²) in [5.41, 5.74) is 0.501. The number of hydrogen-bond donors (Lipinski definition) is 1. The molecular formula is C16H23N3O. The summed E-state index contributed by atoms with van der Waals surface area (Å²) in [4.78, 5) is 18.5. The van der Waals surface area contributed by atoms with Gasteiger partial charge in [0.1, 0.15) is 5.69 Å². The van der Waals surface area contributed by atoms with Crippen LogP contribution in [0.2, 0.25) is 0 Å². The van der Waals surface area contributed by atoms with E-state index in [9.17, 15) is 4.79 Å². The average Bonchev–Trinajstić information content (AvgIpc) is 2.50. The SMILES string of the molecule is C=CCCCN1CCC(NC(=O)c2ccccn2)CC1. The minimum atomic E-state index is -0.0595. The summed E-state index contributed by atoms with van der Waals surface area (Å²) in [6, 6.07) is 5.68. The van der Waals surface area contributed by atoms with Gasteiger partial charge in [0, 0.05) is 25.3 Å². The van der Waals surface area contributed by atoms with Crippen molar-refractivity contribution in [3.8, 4) is 0 Å². The van der Waals surface area contributed by atoms with Crippen LogP contribution in [0.15, 0.2) is 37.1 Å². The van der Waals surface area contributed by atoms with Gasteiger partial charge in [0.15, 0.2) is 0 Å². The number of carbonyl (C=O) groups excluding carboxylic acids is 1. The second kappa shape index (κ2) is 7.80. The summed E-state index contributed by atoms with van der Waals surface area (Å²) in [5, 5.41) is 3.08. The standard InChI is InChI=1S/C16H23N3O/c1-2-3-6-11-19-12-8-14(9-13-19)18-16(20)15-7-4-5-10-17-15/h2,4-5,7,10,14H,1,3,6,8-9,11-13H2,(H,18,20). The Morgan fingerprint density at radius 2 is 2.25 bits per heavy atom. The average molecular weight is 273 g/mol. The maximum absolute atomic E-state index is 12.0. The molecule has 4 nitrogen and oxygen atoms in total. The van der Waals surface area contributed by atoms with Crippen LogP contribution >= 0.6 is 0 Å². The molecule has 1 saturated heterocycles. The van der Waals surface area contributed by atoms with Crippen molar-refractivity contribution in [2.45, 2.75) is 31.7 Å². The van der Waals surface area contributed by atoms with Gasteiger partial charge in [-0.3, -0.25) is 9.78 Å². The normalized spacial score (nSPS) is 16.8. The topological polar surface area (TPSA) is 45.2 Å². The first-order chi connectivity index (χ1) is 9.79. The lowest BCUT2D eigenvalue weighted by molar-refractivity contribution is 0.0906. The van der Waals surface area contributed by atoms with E-state index in [2.05, 4.69) is 21.8 Å². The number of likely N-dealkylation sites (tertiary alicyclic amines) is 1. The van der Waals surface area contributed by atoms with E-state index in [1.54, 1.807) is 12.3 Å². The highest BCUT2D eigenvalue weighted by Crippen LogP contribution is 2.11. The Labute approximate surface area is 120 Å². The Morgan fingerprint density at radius 3 is 2.90 bits per heavy atom. The number of piperidine rings is 1. The molecule has 1 aromatic rings. The lowest BCUT2D eigenvalue weighted by atomic mass is 10.0. The first-order valence-corrected chi connectivity index (χ1v) is 7.34. The van der Waals surface area contributed by atoms with Crippen LogP contribution in [-0.2, 0) is 0 Å². The van der Waals surface area contributed by atoms with Crippen molar-refractivity contribution in [2.75, 3.05) is 19.6 Å². The maximum Gasteiger partial charge on any atom is 0.270 e. The van der Waals surface area contributed by atoms with Crippen LogP contribution in [0.3, 0.4) is 0 Å². The Balaban J connectivity index is 1.72. The van der Waals surface area contributed by atoms with Gasteiger partial charge in [-0.05, 0) is 44.4 Å². The molecule has 20 heavy (non-hydrogen) atoms. The molecule has 1 aromatic heterocycles. The lowest BCUT2D eigenvalue weighted by Gasteiger charge is -2.32. The number of nitrogens with one attached hydrogen (secondary N) is 1. The van der Waals surface area contributed by atoms with Crippen LogP contribution in [0.4, 0.5) is 0 Å². The highest BCUT2D eigenvalue weighted by Gasteiger charge is 2.20. The summed E-state index contributed by atoms with van der Waals surface area (Å²) in [5.74, 6) is -0.0595. The molecule has 0 aromatic carbocycles. The van der Waals surface area contributed by atoms with Crippen LogP contribution in [0.25, 0.3) is 0 Å². The van der Waals surface area contributed by atoms with Crippen LogP contribution in [-0.4, -0.2) is 41.5 Å². The molecule has 0 bridgehead atoms. The lowest BCUT2D eigenvalue weighted by Crippen LogP contribution is -2.45. The van der Waals surface area contributed by atoms with E-state index in [0.29, 0.717) is 5.69 Å². The fourth-order valence-electron chi connectivity index (χ4n) is 2.52. The minimum absolute atomic E-state index is 0.0595. The number of aromatic nitrogens is 1. The van der Waals surface area contributed by atoms with Gasteiger partial charge < -0.3 is 10.2 Å². The van der Waals surface area contributed by atoms with Crippen molar-refractivity contribution in [3.05, 3.63) is 42.7 Å². The van der Waals surface area contributed by atoms with Gasteiger partial charge in [0.2, 0.25) is 0 Å². The molecular weight excluding hydrogens is 250 g/mol. The first kappa shape index (κ1) is 14.7.